The van der Waals surface area contributed by atoms with Gasteiger partial charge in [-0.25, -0.2) is 0 Å². The summed E-state index contributed by atoms with van der Waals surface area (Å²) in [6.45, 7) is 0. The molecule has 0 heterocycles. The second-order valence-electron chi connectivity index (χ2n) is 3.05. The average Bonchev–Trinajstić information content (AvgIpc) is 2.25. The average molecular weight is 221 g/mol. The van der Waals surface area contributed by atoms with Gasteiger partial charge in [0, 0.05) is 5.02 Å². The van der Waals surface area contributed by atoms with E-state index in [9.17, 15) is 0 Å². The maximum Gasteiger partial charge on any atom is 0.127 e. The van der Waals surface area contributed by atoms with E-state index in [4.69, 9.17) is 21.4 Å². The molecular weight excluding hydrogens is 212 g/mol. The van der Waals surface area contributed by atoms with Crippen molar-refractivity contribution in [3.63, 3.8) is 0 Å². The predicted molar refractivity (Wildman–Crippen MR) is 59.6 cm³/mol. The van der Waals surface area contributed by atoms with E-state index in [-0.39, 0.29) is 5.75 Å². The third-order valence-electron chi connectivity index (χ3n) is 1.89. The lowest BCUT2D eigenvalue weighted by Crippen LogP contribution is -1.82. The molecule has 0 radical (unpaired) electrons. The van der Waals surface area contributed by atoms with Gasteiger partial charge in [-0.05, 0) is 48.5 Å². The number of halogens is 1. The summed E-state index contributed by atoms with van der Waals surface area (Å²) >= 11 is 5.75. The Balaban J connectivity index is 2.15. The van der Waals surface area contributed by atoms with Crippen molar-refractivity contribution >= 4 is 11.6 Å². The second kappa shape index (κ2) is 4.24. The molecule has 15 heavy (non-hydrogen) atoms. The van der Waals surface area contributed by atoms with Gasteiger partial charge in [0.1, 0.15) is 17.2 Å². The van der Waals surface area contributed by atoms with E-state index in [1.54, 1.807) is 48.5 Å². The van der Waals surface area contributed by atoms with Crippen molar-refractivity contribution in [3.05, 3.63) is 53.6 Å². The monoisotopic (exact) mass is 220 g/mol. The first-order valence-electron chi connectivity index (χ1n) is 4.46. The van der Waals surface area contributed by atoms with Gasteiger partial charge >= 0.3 is 0 Å². The van der Waals surface area contributed by atoms with Gasteiger partial charge in [0.05, 0.1) is 0 Å². The molecule has 2 aromatic rings. The first-order chi connectivity index (χ1) is 7.24. The second-order valence-corrected chi connectivity index (χ2v) is 3.49. The molecular formula is C12H9ClO2. The fraction of sp³-hybridized carbons (Fsp3) is 0. The van der Waals surface area contributed by atoms with Crippen LogP contribution in [0.3, 0.4) is 0 Å². The molecule has 1 N–H and O–H groups in total. The Labute approximate surface area is 92.7 Å². The normalized spacial score (nSPS) is 9.93. The molecule has 0 aliphatic carbocycles. The van der Waals surface area contributed by atoms with E-state index in [2.05, 4.69) is 0 Å². The summed E-state index contributed by atoms with van der Waals surface area (Å²) in [5.41, 5.74) is 0. The van der Waals surface area contributed by atoms with E-state index >= 15 is 0 Å². The highest BCUT2D eigenvalue weighted by Gasteiger charge is 1.96. The van der Waals surface area contributed by atoms with Gasteiger partial charge in [-0.3, -0.25) is 0 Å². The fourth-order valence-corrected chi connectivity index (χ4v) is 1.28. The minimum absolute atomic E-state index is 0.221. The van der Waals surface area contributed by atoms with Crippen LogP contribution in [-0.4, -0.2) is 5.11 Å². The lowest BCUT2D eigenvalue weighted by atomic mass is 10.3. The van der Waals surface area contributed by atoms with E-state index in [1.165, 1.54) is 0 Å². The molecule has 0 spiro atoms. The summed E-state index contributed by atoms with van der Waals surface area (Å²) in [5, 5.41) is 9.76. The molecule has 0 saturated carbocycles. The van der Waals surface area contributed by atoms with Gasteiger partial charge in [0.2, 0.25) is 0 Å². The Morgan fingerprint density at radius 3 is 1.80 bits per heavy atom. The van der Waals surface area contributed by atoms with Crippen molar-refractivity contribution < 1.29 is 9.84 Å². The number of rotatable bonds is 2. The van der Waals surface area contributed by atoms with Crippen LogP contribution in [0.15, 0.2) is 48.5 Å². The van der Waals surface area contributed by atoms with Gasteiger partial charge < -0.3 is 9.84 Å². The van der Waals surface area contributed by atoms with E-state index in [0.717, 1.165) is 0 Å². The van der Waals surface area contributed by atoms with Gasteiger partial charge in [-0.15, -0.1) is 0 Å². The lowest BCUT2D eigenvalue weighted by molar-refractivity contribution is 0.464. The van der Waals surface area contributed by atoms with Crippen LogP contribution in [0.25, 0.3) is 0 Å². The van der Waals surface area contributed by atoms with Crippen LogP contribution in [-0.2, 0) is 0 Å². The van der Waals surface area contributed by atoms with Crippen molar-refractivity contribution in [1.29, 1.82) is 0 Å². The number of phenols is 1. The molecule has 0 aromatic heterocycles. The molecule has 0 amide bonds. The van der Waals surface area contributed by atoms with Crippen molar-refractivity contribution in [2.75, 3.05) is 0 Å². The summed E-state index contributed by atoms with van der Waals surface area (Å²) in [6.07, 6.45) is 0. The number of ether oxygens (including phenoxy) is 1. The largest absolute Gasteiger partial charge is 0.508 e. The summed E-state index contributed by atoms with van der Waals surface area (Å²) < 4.78 is 5.52. The fourth-order valence-electron chi connectivity index (χ4n) is 1.15. The molecule has 0 saturated heterocycles. The van der Waals surface area contributed by atoms with Crippen molar-refractivity contribution in [1.82, 2.24) is 0 Å². The zero-order valence-electron chi connectivity index (χ0n) is 7.85. The highest BCUT2D eigenvalue weighted by atomic mass is 35.5. The van der Waals surface area contributed by atoms with Gasteiger partial charge in [0.15, 0.2) is 0 Å². The summed E-state index contributed by atoms with van der Waals surface area (Å²) in [4.78, 5) is 0. The number of benzene rings is 2. The van der Waals surface area contributed by atoms with E-state index in [1.807, 2.05) is 0 Å². The molecule has 0 aliphatic heterocycles. The van der Waals surface area contributed by atoms with E-state index < -0.39 is 0 Å². The summed E-state index contributed by atoms with van der Waals surface area (Å²) in [7, 11) is 0. The van der Waals surface area contributed by atoms with Crippen LogP contribution in [0, 0.1) is 0 Å². The Kier molecular flexibility index (Phi) is 2.79. The maximum atomic E-state index is 9.09. The molecule has 3 heteroatoms. The highest BCUT2D eigenvalue weighted by Crippen LogP contribution is 2.24. The van der Waals surface area contributed by atoms with Crippen LogP contribution in [0.5, 0.6) is 17.2 Å². The Morgan fingerprint density at radius 2 is 1.27 bits per heavy atom. The zero-order chi connectivity index (χ0) is 10.7. The van der Waals surface area contributed by atoms with Crippen LogP contribution < -0.4 is 4.74 Å². The Hall–Kier alpha value is -1.67. The summed E-state index contributed by atoms with van der Waals surface area (Å²) in [6, 6.07) is 13.6. The van der Waals surface area contributed by atoms with Crippen molar-refractivity contribution in [2.24, 2.45) is 0 Å². The van der Waals surface area contributed by atoms with E-state index in [0.29, 0.717) is 16.5 Å². The minimum atomic E-state index is 0.221. The molecule has 0 aliphatic rings. The minimum Gasteiger partial charge on any atom is -0.508 e. The molecule has 2 aromatic carbocycles. The molecule has 0 unspecified atom stereocenters. The number of hydrogen-bond acceptors (Lipinski definition) is 2. The van der Waals surface area contributed by atoms with Gasteiger partial charge in [0.25, 0.3) is 0 Å². The summed E-state index contributed by atoms with van der Waals surface area (Å²) in [5.74, 6) is 1.61. The molecule has 0 bridgehead atoms. The van der Waals surface area contributed by atoms with Crippen molar-refractivity contribution in [3.8, 4) is 17.2 Å². The molecule has 0 fully saturated rings. The maximum absolute atomic E-state index is 9.09. The molecule has 2 nitrogen and oxygen atoms in total. The van der Waals surface area contributed by atoms with Crippen LogP contribution in [0.2, 0.25) is 5.02 Å². The lowest BCUT2D eigenvalue weighted by Gasteiger charge is -2.05. The Bertz CT molecular complexity index is 391. The Morgan fingerprint density at radius 1 is 0.800 bits per heavy atom. The standard InChI is InChI=1S/C12H9ClO2/c13-9-1-5-11(6-2-9)15-12-7-3-10(14)4-8-12/h1-8,14H. The quantitative estimate of drug-likeness (QED) is 0.833. The third kappa shape index (κ3) is 2.64. The van der Waals surface area contributed by atoms with Crippen LogP contribution in [0.4, 0.5) is 0 Å². The SMILES string of the molecule is Oc1ccc(Oc2ccc(Cl)cc2)cc1. The topological polar surface area (TPSA) is 29.5 Å². The number of hydrogen-bond donors (Lipinski definition) is 1. The van der Waals surface area contributed by atoms with Crippen molar-refractivity contribution in [2.45, 2.75) is 0 Å². The first-order valence-corrected chi connectivity index (χ1v) is 4.84. The number of phenolic OH excluding ortho intramolecular Hbond substituents is 1. The van der Waals surface area contributed by atoms with Crippen LogP contribution >= 0.6 is 11.6 Å². The smallest absolute Gasteiger partial charge is 0.127 e. The first kappa shape index (κ1) is 9.87. The zero-order valence-corrected chi connectivity index (χ0v) is 8.61. The van der Waals surface area contributed by atoms with Gasteiger partial charge in [-0.1, -0.05) is 11.6 Å². The van der Waals surface area contributed by atoms with Crippen LogP contribution in [0.1, 0.15) is 0 Å². The highest BCUT2D eigenvalue weighted by molar-refractivity contribution is 6.30. The predicted octanol–water partition coefficient (Wildman–Crippen LogP) is 3.84. The molecule has 0 atom stereocenters. The van der Waals surface area contributed by atoms with Gasteiger partial charge in [-0.2, -0.15) is 0 Å². The third-order valence-corrected chi connectivity index (χ3v) is 2.14. The molecule has 2 rings (SSSR count). The number of aromatic hydroxyl groups is 1. The molecule has 76 valence electrons.